The smallest absolute Gasteiger partial charge is 0.258 e. The first-order valence-electron chi connectivity index (χ1n) is 7.86. The number of aromatic nitrogens is 3. The van der Waals surface area contributed by atoms with E-state index in [-0.39, 0.29) is 11.5 Å². The molecule has 0 saturated carbocycles. The topological polar surface area (TPSA) is 76.9 Å². The third-order valence-electron chi connectivity index (χ3n) is 3.80. The standard InChI is InChI=1S/C19H18N4O2/c1-13-3-4-14(10-20-13)9-15-5-7-17(21-11-15)22-19(25)16-6-8-18(24)23(2)12-16/h3-8,10-12H,9H2,1-2H3,(H,21,22,25). The highest BCUT2D eigenvalue weighted by atomic mass is 16.2. The number of rotatable bonds is 4. The third kappa shape index (κ3) is 4.17. The lowest BCUT2D eigenvalue weighted by atomic mass is 10.1. The summed E-state index contributed by atoms with van der Waals surface area (Å²) >= 11 is 0. The molecule has 3 rings (SSSR count). The van der Waals surface area contributed by atoms with Crippen molar-refractivity contribution in [2.24, 2.45) is 7.05 Å². The molecule has 0 saturated heterocycles. The van der Waals surface area contributed by atoms with Crippen molar-refractivity contribution in [3.05, 3.63) is 87.7 Å². The van der Waals surface area contributed by atoms with Gasteiger partial charge in [-0.25, -0.2) is 4.98 Å². The summed E-state index contributed by atoms with van der Waals surface area (Å²) in [7, 11) is 1.60. The Labute approximate surface area is 145 Å². The molecule has 0 aliphatic rings. The number of pyridine rings is 3. The summed E-state index contributed by atoms with van der Waals surface area (Å²) in [6, 6.07) is 10.6. The van der Waals surface area contributed by atoms with Crippen molar-refractivity contribution in [1.29, 1.82) is 0 Å². The Morgan fingerprint density at radius 2 is 1.76 bits per heavy atom. The van der Waals surface area contributed by atoms with Gasteiger partial charge in [-0.05, 0) is 36.2 Å². The van der Waals surface area contributed by atoms with E-state index in [1.165, 1.54) is 22.9 Å². The van der Waals surface area contributed by atoms with E-state index >= 15 is 0 Å². The Hall–Kier alpha value is -3.28. The van der Waals surface area contributed by atoms with Gasteiger partial charge in [-0.1, -0.05) is 12.1 Å². The van der Waals surface area contributed by atoms with Gasteiger partial charge in [-0.3, -0.25) is 14.6 Å². The van der Waals surface area contributed by atoms with Gasteiger partial charge in [-0.2, -0.15) is 0 Å². The predicted molar refractivity (Wildman–Crippen MR) is 95.7 cm³/mol. The average Bonchev–Trinajstić information content (AvgIpc) is 2.61. The largest absolute Gasteiger partial charge is 0.318 e. The number of nitrogens with one attached hydrogen (secondary N) is 1. The Morgan fingerprint density at radius 3 is 2.36 bits per heavy atom. The highest BCUT2D eigenvalue weighted by Crippen LogP contribution is 2.11. The zero-order valence-electron chi connectivity index (χ0n) is 14.1. The number of nitrogens with zero attached hydrogens (tertiary/aromatic N) is 3. The minimum absolute atomic E-state index is 0.162. The first-order chi connectivity index (χ1) is 12.0. The number of carbonyl (C=O) groups is 1. The minimum Gasteiger partial charge on any atom is -0.318 e. The van der Waals surface area contributed by atoms with Crippen LogP contribution in [0.2, 0.25) is 0 Å². The van der Waals surface area contributed by atoms with Crippen molar-refractivity contribution in [2.75, 3.05) is 5.32 Å². The Bertz CT molecular complexity index is 944. The van der Waals surface area contributed by atoms with Crippen molar-refractivity contribution >= 4 is 11.7 Å². The van der Waals surface area contributed by atoms with E-state index in [2.05, 4.69) is 15.3 Å². The zero-order valence-corrected chi connectivity index (χ0v) is 14.1. The second-order valence-corrected chi connectivity index (χ2v) is 5.86. The fraction of sp³-hybridized carbons (Fsp3) is 0.158. The van der Waals surface area contributed by atoms with Crippen LogP contribution in [0.1, 0.15) is 27.2 Å². The van der Waals surface area contributed by atoms with Crippen LogP contribution in [0.5, 0.6) is 0 Å². The van der Waals surface area contributed by atoms with Gasteiger partial charge in [0.1, 0.15) is 5.82 Å². The van der Waals surface area contributed by atoms with Crippen LogP contribution in [0, 0.1) is 6.92 Å². The summed E-state index contributed by atoms with van der Waals surface area (Å²) in [4.78, 5) is 32.1. The van der Waals surface area contributed by atoms with Gasteiger partial charge in [0, 0.05) is 43.8 Å². The van der Waals surface area contributed by atoms with Crippen molar-refractivity contribution in [3.8, 4) is 0 Å². The minimum atomic E-state index is -0.307. The van der Waals surface area contributed by atoms with Gasteiger partial charge in [0.25, 0.3) is 5.91 Å². The van der Waals surface area contributed by atoms with Crippen molar-refractivity contribution in [3.63, 3.8) is 0 Å². The van der Waals surface area contributed by atoms with E-state index in [4.69, 9.17) is 0 Å². The fourth-order valence-corrected chi connectivity index (χ4v) is 2.36. The summed E-state index contributed by atoms with van der Waals surface area (Å²) in [5, 5.41) is 2.73. The summed E-state index contributed by atoms with van der Waals surface area (Å²) in [6.45, 7) is 1.95. The van der Waals surface area contributed by atoms with E-state index in [0.717, 1.165) is 23.2 Å². The molecule has 0 radical (unpaired) electrons. The van der Waals surface area contributed by atoms with Gasteiger partial charge < -0.3 is 9.88 Å². The van der Waals surface area contributed by atoms with Crippen LogP contribution < -0.4 is 10.9 Å². The molecule has 25 heavy (non-hydrogen) atoms. The van der Waals surface area contributed by atoms with Crippen LogP contribution in [-0.2, 0) is 13.5 Å². The molecule has 0 aromatic carbocycles. The van der Waals surface area contributed by atoms with Crippen LogP contribution in [0.25, 0.3) is 0 Å². The van der Waals surface area contributed by atoms with Crippen LogP contribution in [0.3, 0.4) is 0 Å². The molecule has 3 aromatic heterocycles. The molecule has 0 atom stereocenters. The van der Waals surface area contributed by atoms with E-state index in [0.29, 0.717) is 11.4 Å². The maximum atomic E-state index is 12.2. The average molecular weight is 334 g/mol. The molecule has 0 unspecified atom stereocenters. The monoisotopic (exact) mass is 334 g/mol. The zero-order chi connectivity index (χ0) is 17.8. The second kappa shape index (κ2) is 7.09. The molecule has 6 heteroatoms. The molecule has 3 aromatic rings. The maximum absolute atomic E-state index is 12.2. The molecule has 126 valence electrons. The van der Waals surface area contributed by atoms with Crippen LogP contribution in [0.15, 0.2) is 59.8 Å². The van der Waals surface area contributed by atoms with E-state index < -0.39 is 0 Å². The van der Waals surface area contributed by atoms with E-state index in [9.17, 15) is 9.59 Å². The highest BCUT2D eigenvalue weighted by Gasteiger charge is 2.08. The van der Waals surface area contributed by atoms with Crippen LogP contribution >= 0.6 is 0 Å². The summed E-state index contributed by atoms with van der Waals surface area (Å²) in [6.07, 6.45) is 5.81. The number of hydrogen-bond donors (Lipinski definition) is 1. The molecule has 3 heterocycles. The van der Waals surface area contributed by atoms with Crippen LogP contribution in [0.4, 0.5) is 5.82 Å². The molecular weight excluding hydrogens is 316 g/mol. The highest BCUT2D eigenvalue weighted by molar-refractivity contribution is 6.03. The van der Waals surface area contributed by atoms with Crippen LogP contribution in [-0.4, -0.2) is 20.4 Å². The first-order valence-corrected chi connectivity index (χ1v) is 7.86. The SMILES string of the molecule is Cc1ccc(Cc2ccc(NC(=O)c3ccc(=O)n(C)c3)nc2)cn1. The van der Waals surface area contributed by atoms with Crippen molar-refractivity contribution in [1.82, 2.24) is 14.5 Å². The Morgan fingerprint density at radius 1 is 1.04 bits per heavy atom. The summed E-state index contributed by atoms with van der Waals surface area (Å²) in [5.41, 5.74) is 3.36. The van der Waals surface area contributed by atoms with E-state index in [1.54, 1.807) is 19.3 Å². The van der Waals surface area contributed by atoms with Gasteiger partial charge in [0.2, 0.25) is 5.56 Å². The lowest BCUT2D eigenvalue weighted by Gasteiger charge is -2.07. The molecule has 6 nitrogen and oxygen atoms in total. The third-order valence-corrected chi connectivity index (χ3v) is 3.80. The maximum Gasteiger partial charge on any atom is 0.258 e. The molecular formula is C19H18N4O2. The molecule has 0 fully saturated rings. The Balaban J connectivity index is 1.67. The number of hydrogen-bond acceptors (Lipinski definition) is 4. The summed E-state index contributed by atoms with van der Waals surface area (Å²) < 4.78 is 1.36. The Kier molecular flexibility index (Phi) is 4.70. The molecule has 0 bridgehead atoms. The molecule has 0 aliphatic carbocycles. The van der Waals surface area contributed by atoms with Gasteiger partial charge in [0.15, 0.2) is 0 Å². The van der Waals surface area contributed by atoms with Crippen molar-refractivity contribution in [2.45, 2.75) is 13.3 Å². The quantitative estimate of drug-likeness (QED) is 0.794. The molecule has 1 amide bonds. The lowest BCUT2D eigenvalue weighted by Crippen LogP contribution is -2.19. The lowest BCUT2D eigenvalue weighted by molar-refractivity contribution is 0.102. The van der Waals surface area contributed by atoms with Gasteiger partial charge in [0.05, 0.1) is 5.56 Å². The number of carbonyl (C=O) groups excluding carboxylic acids is 1. The molecule has 1 N–H and O–H groups in total. The second-order valence-electron chi connectivity index (χ2n) is 5.86. The number of aryl methyl sites for hydroxylation is 2. The van der Waals surface area contributed by atoms with E-state index in [1.807, 2.05) is 31.3 Å². The van der Waals surface area contributed by atoms with Gasteiger partial charge >= 0.3 is 0 Å². The normalized spacial score (nSPS) is 10.5. The first kappa shape index (κ1) is 16.6. The number of anilines is 1. The predicted octanol–water partition coefficient (Wildman–Crippen LogP) is 2.33. The fourth-order valence-electron chi connectivity index (χ4n) is 2.36. The van der Waals surface area contributed by atoms with Crippen molar-refractivity contribution < 1.29 is 4.79 Å². The molecule has 0 spiro atoms. The van der Waals surface area contributed by atoms with Gasteiger partial charge in [-0.15, -0.1) is 0 Å². The summed E-state index contributed by atoms with van der Waals surface area (Å²) in [5.74, 6) is 0.156. The molecule has 0 aliphatic heterocycles. The number of amides is 1.